The predicted octanol–water partition coefficient (Wildman–Crippen LogP) is 3.74. The topological polar surface area (TPSA) is 75.6 Å². The highest BCUT2D eigenvalue weighted by atomic mass is 16.5. The highest BCUT2D eigenvalue weighted by Crippen LogP contribution is 2.48. The first-order valence-corrected chi connectivity index (χ1v) is 9.91. The van der Waals surface area contributed by atoms with E-state index in [2.05, 4.69) is 5.32 Å². The molecule has 0 aliphatic heterocycles. The Bertz CT molecular complexity index is 833. The van der Waals surface area contributed by atoms with Gasteiger partial charge in [0.1, 0.15) is 12.4 Å². The van der Waals surface area contributed by atoms with E-state index in [9.17, 15) is 14.7 Å². The maximum atomic E-state index is 12.5. The number of nitrogens with one attached hydrogen (secondary N) is 1. The molecule has 2 fully saturated rings. The van der Waals surface area contributed by atoms with E-state index in [1.54, 1.807) is 0 Å². The summed E-state index contributed by atoms with van der Waals surface area (Å²) in [6.07, 6.45) is 3.09. The van der Waals surface area contributed by atoms with Crippen LogP contribution in [-0.2, 0) is 16.2 Å². The minimum absolute atomic E-state index is 0.00689. The SMILES string of the molecule is O=C(N[C@H]1CCC[C@H]1C(=O)O)C1CC1c1ccc(OCc2ccccc2)cc1. The van der Waals surface area contributed by atoms with Crippen LogP contribution in [0.4, 0.5) is 0 Å². The highest BCUT2D eigenvalue weighted by Gasteiger charge is 2.45. The van der Waals surface area contributed by atoms with Crippen molar-refractivity contribution in [3.63, 3.8) is 0 Å². The number of amides is 1. The average molecular weight is 379 g/mol. The van der Waals surface area contributed by atoms with Crippen molar-refractivity contribution in [1.82, 2.24) is 5.32 Å². The number of benzene rings is 2. The maximum Gasteiger partial charge on any atom is 0.308 e. The van der Waals surface area contributed by atoms with Gasteiger partial charge in [-0.2, -0.15) is 0 Å². The van der Waals surface area contributed by atoms with Crippen molar-refractivity contribution in [1.29, 1.82) is 0 Å². The minimum atomic E-state index is -0.804. The van der Waals surface area contributed by atoms with Gasteiger partial charge in [-0.15, -0.1) is 0 Å². The van der Waals surface area contributed by atoms with Gasteiger partial charge in [-0.05, 0) is 48.4 Å². The molecule has 0 bridgehead atoms. The van der Waals surface area contributed by atoms with Crippen molar-refractivity contribution in [3.05, 3.63) is 65.7 Å². The molecule has 1 amide bonds. The van der Waals surface area contributed by atoms with Gasteiger partial charge in [0.05, 0.1) is 5.92 Å². The quantitative estimate of drug-likeness (QED) is 0.768. The normalized spacial score (nSPS) is 25.9. The lowest BCUT2D eigenvalue weighted by Gasteiger charge is -2.17. The van der Waals surface area contributed by atoms with Gasteiger partial charge in [-0.1, -0.05) is 48.9 Å². The fourth-order valence-electron chi connectivity index (χ4n) is 4.12. The van der Waals surface area contributed by atoms with Crippen LogP contribution in [-0.4, -0.2) is 23.0 Å². The van der Waals surface area contributed by atoms with Gasteiger partial charge >= 0.3 is 5.97 Å². The second-order valence-electron chi connectivity index (χ2n) is 7.78. The smallest absolute Gasteiger partial charge is 0.308 e. The number of carboxylic acid groups (broad SMARTS) is 1. The number of ether oxygens (including phenoxy) is 1. The van der Waals surface area contributed by atoms with Crippen LogP contribution in [0.15, 0.2) is 54.6 Å². The summed E-state index contributed by atoms with van der Waals surface area (Å²) in [6.45, 7) is 0.529. The van der Waals surface area contributed by atoms with Gasteiger partial charge in [0.25, 0.3) is 0 Å². The molecule has 2 aromatic carbocycles. The van der Waals surface area contributed by atoms with Crippen LogP contribution >= 0.6 is 0 Å². The zero-order valence-corrected chi connectivity index (χ0v) is 15.7. The van der Waals surface area contributed by atoms with E-state index in [0.29, 0.717) is 13.0 Å². The van der Waals surface area contributed by atoms with E-state index in [0.717, 1.165) is 36.1 Å². The first kappa shape index (κ1) is 18.5. The van der Waals surface area contributed by atoms with Crippen molar-refractivity contribution >= 4 is 11.9 Å². The van der Waals surface area contributed by atoms with E-state index in [1.807, 2.05) is 54.6 Å². The molecule has 0 heterocycles. The highest BCUT2D eigenvalue weighted by molar-refractivity contribution is 5.84. The van der Waals surface area contributed by atoms with Crippen LogP contribution in [0.2, 0.25) is 0 Å². The Balaban J connectivity index is 1.29. The largest absolute Gasteiger partial charge is 0.489 e. The summed E-state index contributed by atoms with van der Waals surface area (Å²) in [5.41, 5.74) is 2.26. The molecule has 5 heteroatoms. The number of carbonyl (C=O) groups excluding carboxylic acids is 1. The number of carbonyl (C=O) groups is 2. The Morgan fingerprint density at radius 1 is 1.00 bits per heavy atom. The van der Waals surface area contributed by atoms with Crippen molar-refractivity contribution in [3.8, 4) is 5.75 Å². The number of rotatable bonds is 7. The second-order valence-corrected chi connectivity index (χ2v) is 7.78. The zero-order chi connectivity index (χ0) is 19.5. The molecule has 146 valence electrons. The number of carboxylic acids is 1. The molecule has 28 heavy (non-hydrogen) atoms. The molecule has 4 atom stereocenters. The molecule has 5 nitrogen and oxygen atoms in total. The van der Waals surface area contributed by atoms with Gasteiger partial charge < -0.3 is 15.2 Å². The maximum absolute atomic E-state index is 12.5. The number of hydrogen-bond acceptors (Lipinski definition) is 3. The van der Waals surface area contributed by atoms with Gasteiger partial charge in [-0.3, -0.25) is 9.59 Å². The zero-order valence-electron chi connectivity index (χ0n) is 15.7. The predicted molar refractivity (Wildman–Crippen MR) is 105 cm³/mol. The Morgan fingerprint density at radius 2 is 1.75 bits per heavy atom. The summed E-state index contributed by atoms with van der Waals surface area (Å²) in [5.74, 6) is -0.278. The molecule has 2 aromatic rings. The molecular formula is C23H25NO4. The third kappa shape index (κ3) is 4.19. The fraction of sp³-hybridized carbons (Fsp3) is 0.391. The van der Waals surface area contributed by atoms with Crippen LogP contribution in [0.1, 0.15) is 42.7 Å². The number of hydrogen-bond donors (Lipinski definition) is 2. The van der Waals surface area contributed by atoms with E-state index < -0.39 is 11.9 Å². The molecule has 4 rings (SSSR count). The van der Waals surface area contributed by atoms with E-state index in [4.69, 9.17) is 4.74 Å². The van der Waals surface area contributed by atoms with Gasteiger partial charge in [-0.25, -0.2) is 0 Å². The molecule has 2 aliphatic rings. The van der Waals surface area contributed by atoms with Crippen LogP contribution in [0.5, 0.6) is 5.75 Å². The van der Waals surface area contributed by atoms with Crippen molar-refractivity contribution < 1.29 is 19.4 Å². The monoisotopic (exact) mass is 379 g/mol. The molecule has 2 aliphatic carbocycles. The summed E-state index contributed by atoms with van der Waals surface area (Å²) in [6, 6.07) is 17.7. The van der Waals surface area contributed by atoms with Crippen LogP contribution < -0.4 is 10.1 Å². The van der Waals surface area contributed by atoms with Crippen LogP contribution in [0, 0.1) is 11.8 Å². The molecule has 0 saturated heterocycles. The molecule has 2 saturated carbocycles. The summed E-state index contributed by atoms with van der Waals surface area (Å²) >= 11 is 0. The molecule has 0 aromatic heterocycles. The lowest BCUT2D eigenvalue weighted by atomic mass is 10.0. The van der Waals surface area contributed by atoms with Gasteiger partial charge in [0.2, 0.25) is 5.91 Å². The van der Waals surface area contributed by atoms with Gasteiger partial charge in [0, 0.05) is 12.0 Å². The Labute approximate surface area is 164 Å². The van der Waals surface area contributed by atoms with E-state index >= 15 is 0 Å². The second kappa shape index (κ2) is 8.05. The Hall–Kier alpha value is -2.82. The summed E-state index contributed by atoms with van der Waals surface area (Å²) in [7, 11) is 0. The Kier molecular flexibility index (Phi) is 5.33. The van der Waals surface area contributed by atoms with Crippen molar-refractivity contribution in [2.75, 3.05) is 0 Å². The van der Waals surface area contributed by atoms with Crippen LogP contribution in [0.3, 0.4) is 0 Å². The van der Waals surface area contributed by atoms with Crippen molar-refractivity contribution in [2.45, 2.75) is 44.2 Å². The fourth-order valence-corrected chi connectivity index (χ4v) is 4.12. The molecular weight excluding hydrogens is 354 g/mol. The Morgan fingerprint density at radius 3 is 2.46 bits per heavy atom. The first-order chi connectivity index (χ1) is 13.6. The van der Waals surface area contributed by atoms with Gasteiger partial charge in [0.15, 0.2) is 0 Å². The molecule has 0 spiro atoms. The lowest BCUT2D eigenvalue weighted by molar-refractivity contribution is -0.142. The average Bonchev–Trinajstić information content (AvgIpc) is 3.38. The minimum Gasteiger partial charge on any atom is -0.489 e. The standard InChI is InChI=1S/C23H25NO4/c25-22(24-21-8-4-7-18(21)23(26)27)20-13-19(20)16-9-11-17(12-10-16)28-14-15-5-2-1-3-6-15/h1-3,5-6,9-12,18-21H,4,7-8,13-14H2,(H,24,25)(H,26,27)/t18-,19?,20?,21+/m1/s1. The molecule has 2 N–H and O–H groups in total. The summed E-state index contributed by atoms with van der Waals surface area (Å²) < 4.78 is 5.81. The third-order valence-corrected chi connectivity index (χ3v) is 5.84. The summed E-state index contributed by atoms with van der Waals surface area (Å²) in [4.78, 5) is 23.8. The first-order valence-electron chi connectivity index (χ1n) is 9.91. The van der Waals surface area contributed by atoms with Crippen molar-refractivity contribution in [2.24, 2.45) is 11.8 Å². The van der Waals surface area contributed by atoms with Crippen LogP contribution in [0.25, 0.3) is 0 Å². The van der Waals surface area contributed by atoms with E-state index in [1.165, 1.54) is 0 Å². The summed E-state index contributed by atoms with van der Waals surface area (Å²) in [5, 5.41) is 12.2. The number of aliphatic carboxylic acids is 1. The third-order valence-electron chi connectivity index (χ3n) is 5.84. The van der Waals surface area contributed by atoms with E-state index in [-0.39, 0.29) is 23.8 Å². The lowest BCUT2D eigenvalue weighted by Crippen LogP contribution is -2.41. The molecule has 0 radical (unpaired) electrons. The molecule has 2 unspecified atom stereocenters.